The Bertz CT molecular complexity index is 983. The van der Waals surface area contributed by atoms with Gasteiger partial charge in [0.15, 0.2) is 0 Å². The largest absolute Gasteiger partial charge is 0.507 e. The summed E-state index contributed by atoms with van der Waals surface area (Å²) in [6.07, 6.45) is -2.30. The number of likely N-dealkylation sites (tertiary alicyclic amines) is 1. The molecule has 34 heavy (non-hydrogen) atoms. The zero-order valence-corrected chi connectivity index (χ0v) is 21.2. The number of nitrogens with zero attached hydrogens (tertiary/aromatic N) is 1. The van der Waals surface area contributed by atoms with E-state index in [-0.39, 0.29) is 37.0 Å². The lowest BCUT2D eigenvalue weighted by Gasteiger charge is -2.40. The van der Waals surface area contributed by atoms with Crippen LogP contribution in [-0.2, 0) is 23.9 Å². The molecule has 0 aromatic heterocycles. The van der Waals surface area contributed by atoms with Crippen LogP contribution in [0.1, 0.15) is 46.8 Å². The number of rotatable bonds is 4. The third-order valence-corrected chi connectivity index (χ3v) is 7.12. The Morgan fingerprint density at radius 1 is 1.15 bits per heavy atom. The first-order chi connectivity index (χ1) is 15.2. The molecule has 2 heterocycles. The lowest BCUT2D eigenvalue weighted by Crippen LogP contribution is -2.42. The van der Waals surface area contributed by atoms with Crippen molar-refractivity contribution >= 4 is 36.4 Å². The molecule has 2 aliphatic heterocycles. The van der Waals surface area contributed by atoms with Crippen molar-refractivity contribution in [2.24, 2.45) is 11.7 Å². The predicted molar refractivity (Wildman–Crippen MR) is 132 cm³/mol. The fourth-order valence-electron chi connectivity index (χ4n) is 4.88. The standard InChI is InChI=1S/C24H28ClF3N2O2.2ClH/c1-14-2-4-18-19(23(14)31)11-21(32-22(18)12-29)15-6-8-30(9-7-15)13-16-10-17(24(26,27)28)3-5-20(16)25;;/h2-5,10,15,21-22,31H,6-9,11-13,29H2,1H3;2*1H/t21-,22-;;/m0../s1. The lowest BCUT2D eigenvalue weighted by atomic mass is 9.83. The molecule has 0 saturated carbocycles. The van der Waals surface area contributed by atoms with Gasteiger partial charge in [-0.1, -0.05) is 23.7 Å². The molecule has 2 aromatic rings. The van der Waals surface area contributed by atoms with Crippen molar-refractivity contribution in [3.8, 4) is 5.75 Å². The molecule has 0 amide bonds. The van der Waals surface area contributed by atoms with Gasteiger partial charge in [-0.15, -0.1) is 24.8 Å². The van der Waals surface area contributed by atoms with Crippen LogP contribution in [-0.4, -0.2) is 35.7 Å². The van der Waals surface area contributed by atoms with Crippen LogP contribution in [0.3, 0.4) is 0 Å². The number of alkyl halides is 3. The van der Waals surface area contributed by atoms with Gasteiger partial charge < -0.3 is 15.6 Å². The van der Waals surface area contributed by atoms with E-state index in [2.05, 4.69) is 4.90 Å². The van der Waals surface area contributed by atoms with E-state index in [4.69, 9.17) is 22.1 Å². The summed E-state index contributed by atoms with van der Waals surface area (Å²) in [5.74, 6) is 0.621. The maximum atomic E-state index is 13.1. The van der Waals surface area contributed by atoms with Crippen molar-refractivity contribution in [1.82, 2.24) is 4.90 Å². The minimum Gasteiger partial charge on any atom is -0.507 e. The summed E-state index contributed by atoms with van der Waals surface area (Å²) in [6.45, 7) is 4.11. The number of hydrogen-bond donors (Lipinski definition) is 2. The van der Waals surface area contributed by atoms with E-state index in [9.17, 15) is 18.3 Å². The molecule has 2 aliphatic rings. The summed E-state index contributed by atoms with van der Waals surface area (Å²) < 4.78 is 45.5. The Kier molecular flexibility index (Phi) is 9.96. The second kappa shape index (κ2) is 11.7. The van der Waals surface area contributed by atoms with E-state index in [0.29, 0.717) is 41.8 Å². The first-order valence-corrected chi connectivity index (χ1v) is 11.3. The molecule has 4 rings (SSSR count). The molecular weight excluding hydrogens is 512 g/mol. The molecule has 2 aromatic carbocycles. The highest BCUT2D eigenvalue weighted by Crippen LogP contribution is 2.40. The van der Waals surface area contributed by atoms with Crippen molar-refractivity contribution in [2.75, 3.05) is 19.6 Å². The van der Waals surface area contributed by atoms with E-state index in [1.807, 2.05) is 19.1 Å². The van der Waals surface area contributed by atoms with E-state index in [1.54, 1.807) is 0 Å². The van der Waals surface area contributed by atoms with E-state index in [0.717, 1.165) is 54.8 Å². The summed E-state index contributed by atoms with van der Waals surface area (Å²) in [5, 5.41) is 10.9. The lowest BCUT2D eigenvalue weighted by molar-refractivity contribution is -0.137. The smallest absolute Gasteiger partial charge is 0.416 e. The van der Waals surface area contributed by atoms with E-state index in [1.165, 1.54) is 6.07 Å². The Balaban J connectivity index is 0.00000204. The van der Waals surface area contributed by atoms with Gasteiger partial charge >= 0.3 is 6.18 Å². The molecule has 0 bridgehead atoms. The van der Waals surface area contributed by atoms with Crippen molar-refractivity contribution in [2.45, 2.75) is 51.1 Å². The Labute approximate surface area is 215 Å². The fraction of sp³-hybridized carbons (Fsp3) is 0.500. The number of piperidine rings is 1. The minimum atomic E-state index is -4.38. The Morgan fingerprint density at radius 3 is 2.44 bits per heavy atom. The van der Waals surface area contributed by atoms with E-state index < -0.39 is 11.7 Å². The van der Waals surface area contributed by atoms with Crippen LogP contribution in [0, 0.1) is 12.8 Å². The quantitative estimate of drug-likeness (QED) is 0.493. The highest BCUT2D eigenvalue weighted by atomic mass is 35.5. The van der Waals surface area contributed by atoms with Gasteiger partial charge in [0, 0.05) is 30.1 Å². The molecule has 1 fully saturated rings. The van der Waals surface area contributed by atoms with Crippen LogP contribution < -0.4 is 5.73 Å². The van der Waals surface area contributed by atoms with Crippen LogP contribution in [0.2, 0.25) is 5.02 Å². The number of fused-ring (bicyclic) bond motifs is 1. The average Bonchev–Trinajstić information content (AvgIpc) is 2.77. The van der Waals surface area contributed by atoms with Gasteiger partial charge in [0.05, 0.1) is 17.8 Å². The van der Waals surface area contributed by atoms with Crippen LogP contribution in [0.5, 0.6) is 5.75 Å². The summed E-state index contributed by atoms with van der Waals surface area (Å²) in [4.78, 5) is 2.14. The van der Waals surface area contributed by atoms with Crippen LogP contribution >= 0.6 is 36.4 Å². The SMILES string of the molecule is Cc1ccc2c(c1O)C[C@@H](C1CCN(Cc3cc(C(F)(F)F)ccc3Cl)CC1)O[C@H]2CN.Cl.Cl. The minimum absolute atomic E-state index is 0. The average molecular weight is 542 g/mol. The molecule has 0 spiro atoms. The zero-order chi connectivity index (χ0) is 23.0. The number of phenols is 1. The first kappa shape index (κ1) is 29.0. The summed E-state index contributed by atoms with van der Waals surface area (Å²) in [5.41, 5.74) is 8.50. The molecule has 2 atom stereocenters. The zero-order valence-electron chi connectivity index (χ0n) is 18.8. The Hall–Kier alpha value is -1.22. The highest BCUT2D eigenvalue weighted by molar-refractivity contribution is 6.31. The number of phenolic OH excluding ortho intramolecular Hbond substituents is 1. The van der Waals surface area contributed by atoms with Gasteiger partial charge in [0.2, 0.25) is 0 Å². The number of ether oxygens (including phenoxy) is 1. The molecule has 1 saturated heterocycles. The van der Waals surface area contributed by atoms with Gasteiger partial charge in [-0.3, -0.25) is 4.90 Å². The second-order valence-corrected chi connectivity index (χ2v) is 9.23. The summed E-state index contributed by atoms with van der Waals surface area (Å²) in [7, 11) is 0. The predicted octanol–water partition coefficient (Wildman–Crippen LogP) is 6.07. The number of aryl methyl sites for hydroxylation is 1. The van der Waals surface area contributed by atoms with E-state index >= 15 is 0 Å². The molecular formula is C24H30Cl3F3N2O2. The topological polar surface area (TPSA) is 58.7 Å². The summed E-state index contributed by atoms with van der Waals surface area (Å²) in [6, 6.07) is 7.35. The van der Waals surface area contributed by atoms with Gasteiger partial charge in [-0.25, -0.2) is 0 Å². The normalized spacial score (nSPS) is 21.4. The summed E-state index contributed by atoms with van der Waals surface area (Å²) >= 11 is 6.17. The Morgan fingerprint density at radius 2 is 1.82 bits per heavy atom. The third-order valence-electron chi connectivity index (χ3n) is 6.75. The number of nitrogens with two attached hydrogens (primary N) is 1. The second-order valence-electron chi connectivity index (χ2n) is 8.82. The van der Waals surface area contributed by atoms with Gasteiger partial charge in [-0.05, 0) is 73.7 Å². The molecule has 10 heteroatoms. The monoisotopic (exact) mass is 540 g/mol. The highest BCUT2D eigenvalue weighted by Gasteiger charge is 2.36. The van der Waals surface area contributed by atoms with Gasteiger partial charge in [0.1, 0.15) is 5.75 Å². The fourth-order valence-corrected chi connectivity index (χ4v) is 5.05. The molecule has 190 valence electrons. The maximum Gasteiger partial charge on any atom is 0.416 e. The van der Waals surface area contributed by atoms with Crippen molar-refractivity contribution < 1.29 is 23.0 Å². The first-order valence-electron chi connectivity index (χ1n) is 10.9. The van der Waals surface area contributed by atoms with Crippen LogP contribution in [0.25, 0.3) is 0 Å². The maximum absolute atomic E-state index is 13.1. The third kappa shape index (κ3) is 6.12. The van der Waals surface area contributed by atoms with Crippen LogP contribution in [0.4, 0.5) is 13.2 Å². The molecule has 3 N–H and O–H groups in total. The molecule has 4 nitrogen and oxygen atoms in total. The van der Waals surface area contributed by atoms with Crippen molar-refractivity contribution in [1.29, 1.82) is 0 Å². The van der Waals surface area contributed by atoms with Crippen LogP contribution in [0.15, 0.2) is 30.3 Å². The number of hydrogen-bond acceptors (Lipinski definition) is 4. The molecule has 0 aliphatic carbocycles. The van der Waals surface area contributed by atoms with Crippen molar-refractivity contribution in [3.63, 3.8) is 0 Å². The van der Waals surface area contributed by atoms with Gasteiger partial charge in [0.25, 0.3) is 0 Å². The number of benzene rings is 2. The molecule has 0 radical (unpaired) electrons. The number of halogens is 6. The van der Waals surface area contributed by atoms with Gasteiger partial charge in [-0.2, -0.15) is 13.2 Å². The number of aromatic hydroxyl groups is 1. The van der Waals surface area contributed by atoms with Crippen molar-refractivity contribution in [3.05, 3.63) is 63.2 Å². The molecule has 0 unspecified atom stereocenters.